The summed E-state index contributed by atoms with van der Waals surface area (Å²) in [6, 6.07) is 5.27. The standard InChI is InChI=1S/C12H11IO3/c1-2-3-8-11(14)9-6-7(13)4-5-10(9)16-12(8)15/h4-6,8H,2-3H2,1H3. The number of rotatable bonds is 2. The summed E-state index contributed by atoms with van der Waals surface area (Å²) in [5.74, 6) is -0.745. The number of ketones is 1. The van der Waals surface area contributed by atoms with Gasteiger partial charge in [-0.1, -0.05) is 13.3 Å². The van der Waals surface area contributed by atoms with Crippen molar-refractivity contribution >= 4 is 34.3 Å². The van der Waals surface area contributed by atoms with Crippen LogP contribution in [0.4, 0.5) is 0 Å². The highest BCUT2D eigenvalue weighted by Crippen LogP contribution is 2.31. The van der Waals surface area contributed by atoms with E-state index in [0.29, 0.717) is 17.7 Å². The van der Waals surface area contributed by atoms with Gasteiger partial charge in [0.15, 0.2) is 5.78 Å². The molecule has 1 unspecified atom stereocenters. The molecule has 1 aromatic carbocycles. The molecule has 4 heteroatoms. The van der Waals surface area contributed by atoms with Crippen LogP contribution in [0.5, 0.6) is 5.75 Å². The van der Waals surface area contributed by atoms with Crippen LogP contribution in [0.1, 0.15) is 30.1 Å². The third-order valence-electron chi connectivity index (χ3n) is 2.60. The van der Waals surface area contributed by atoms with Crippen LogP contribution in [-0.4, -0.2) is 11.8 Å². The van der Waals surface area contributed by atoms with Gasteiger partial charge in [-0.3, -0.25) is 9.59 Å². The summed E-state index contributed by atoms with van der Waals surface area (Å²) >= 11 is 2.14. The van der Waals surface area contributed by atoms with Crippen LogP contribution >= 0.6 is 22.6 Å². The van der Waals surface area contributed by atoms with Gasteiger partial charge in [-0.25, -0.2) is 0 Å². The number of hydrogen-bond acceptors (Lipinski definition) is 3. The van der Waals surface area contributed by atoms with Gasteiger partial charge in [0, 0.05) is 3.57 Å². The molecule has 0 saturated carbocycles. The maximum Gasteiger partial charge on any atom is 0.322 e. The second kappa shape index (κ2) is 4.53. The number of benzene rings is 1. The Morgan fingerprint density at radius 2 is 2.12 bits per heavy atom. The van der Waals surface area contributed by atoms with Gasteiger partial charge in [0.1, 0.15) is 11.7 Å². The molecule has 0 fully saturated rings. The number of Topliss-reactive ketones (excluding diaryl/α,β-unsaturated/α-hetero) is 1. The number of halogens is 1. The summed E-state index contributed by atoms with van der Waals surface area (Å²) in [7, 11) is 0. The van der Waals surface area contributed by atoms with E-state index in [1.54, 1.807) is 12.1 Å². The topological polar surface area (TPSA) is 43.4 Å². The van der Waals surface area contributed by atoms with E-state index in [9.17, 15) is 9.59 Å². The van der Waals surface area contributed by atoms with Crippen molar-refractivity contribution in [3.8, 4) is 5.75 Å². The summed E-state index contributed by atoms with van der Waals surface area (Å²) in [4.78, 5) is 23.7. The van der Waals surface area contributed by atoms with Crippen LogP contribution in [0.3, 0.4) is 0 Å². The molecule has 1 heterocycles. The molecular formula is C12H11IO3. The number of hydrogen-bond donors (Lipinski definition) is 0. The van der Waals surface area contributed by atoms with Crippen molar-refractivity contribution in [1.29, 1.82) is 0 Å². The summed E-state index contributed by atoms with van der Waals surface area (Å²) in [5, 5.41) is 0. The average molecular weight is 330 g/mol. The van der Waals surface area contributed by atoms with E-state index in [-0.39, 0.29) is 5.78 Å². The van der Waals surface area contributed by atoms with Crippen molar-refractivity contribution in [2.24, 2.45) is 5.92 Å². The van der Waals surface area contributed by atoms with E-state index >= 15 is 0 Å². The Bertz CT molecular complexity index is 454. The van der Waals surface area contributed by atoms with Gasteiger partial charge < -0.3 is 4.74 Å². The van der Waals surface area contributed by atoms with Gasteiger partial charge in [0.25, 0.3) is 0 Å². The molecule has 1 aliphatic rings. The van der Waals surface area contributed by atoms with E-state index in [0.717, 1.165) is 9.99 Å². The smallest absolute Gasteiger partial charge is 0.322 e. The monoisotopic (exact) mass is 330 g/mol. The number of carbonyl (C=O) groups excluding carboxylic acids is 2. The summed E-state index contributed by atoms with van der Waals surface area (Å²) in [6.45, 7) is 1.95. The molecule has 1 aromatic rings. The number of carbonyl (C=O) groups is 2. The molecule has 1 atom stereocenters. The fourth-order valence-electron chi connectivity index (χ4n) is 1.80. The highest BCUT2D eigenvalue weighted by molar-refractivity contribution is 14.1. The lowest BCUT2D eigenvalue weighted by atomic mass is 9.91. The lowest BCUT2D eigenvalue weighted by Gasteiger charge is -2.21. The van der Waals surface area contributed by atoms with Crippen molar-refractivity contribution in [2.75, 3.05) is 0 Å². The predicted octanol–water partition coefficient (Wildman–Crippen LogP) is 2.81. The molecule has 0 spiro atoms. The van der Waals surface area contributed by atoms with Gasteiger partial charge in [-0.05, 0) is 47.2 Å². The zero-order valence-electron chi connectivity index (χ0n) is 8.83. The molecule has 0 aliphatic carbocycles. The largest absolute Gasteiger partial charge is 0.425 e. The Labute approximate surface area is 107 Å². The van der Waals surface area contributed by atoms with Crippen molar-refractivity contribution < 1.29 is 14.3 Å². The maximum atomic E-state index is 12.1. The Balaban J connectivity index is 2.42. The second-order valence-electron chi connectivity index (χ2n) is 3.77. The lowest BCUT2D eigenvalue weighted by Crippen LogP contribution is -2.33. The third kappa shape index (κ3) is 1.98. The Kier molecular flexibility index (Phi) is 3.28. The zero-order valence-corrected chi connectivity index (χ0v) is 11.0. The Morgan fingerprint density at radius 1 is 1.38 bits per heavy atom. The Hall–Kier alpha value is -0.910. The van der Waals surface area contributed by atoms with Crippen molar-refractivity contribution in [3.05, 3.63) is 27.3 Å². The van der Waals surface area contributed by atoms with Crippen LogP contribution in [0.25, 0.3) is 0 Å². The molecule has 1 aliphatic heterocycles. The minimum Gasteiger partial charge on any atom is -0.425 e. The van der Waals surface area contributed by atoms with Crippen molar-refractivity contribution in [2.45, 2.75) is 19.8 Å². The fourth-order valence-corrected chi connectivity index (χ4v) is 2.29. The lowest BCUT2D eigenvalue weighted by molar-refractivity contribution is -0.138. The van der Waals surface area contributed by atoms with E-state index in [4.69, 9.17) is 4.74 Å². The summed E-state index contributed by atoms with van der Waals surface area (Å²) in [6.07, 6.45) is 1.35. The fraction of sp³-hybridized carbons (Fsp3) is 0.333. The third-order valence-corrected chi connectivity index (χ3v) is 3.27. The van der Waals surface area contributed by atoms with Gasteiger partial charge >= 0.3 is 5.97 Å². The molecule has 0 radical (unpaired) electrons. The van der Waals surface area contributed by atoms with Gasteiger partial charge in [0.05, 0.1) is 5.56 Å². The van der Waals surface area contributed by atoms with Gasteiger partial charge in [0.2, 0.25) is 0 Å². The van der Waals surface area contributed by atoms with E-state index < -0.39 is 11.9 Å². The van der Waals surface area contributed by atoms with Gasteiger partial charge in [-0.2, -0.15) is 0 Å². The minimum absolute atomic E-state index is 0.105. The predicted molar refractivity (Wildman–Crippen MR) is 67.5 cm³/mol. The first kappa shape index (κ1) is 11.6. The van der Waals surface area contributed by atoms with E-state index in [1.165, 1.54) is 0 Å². The highest BCUT2D eigenvalue weighted by atomic mass is 127. The van der Waals surface area contributed by atoms with Crippen LogP contribution in [-0.2, 0) is 4.79 Å². The number of fused-ring (bicyclic) bond motifs is 1. The molecular weight excluding hydrogens is 319 g/mol. The Morgan fingerprint density at radius 3 is 2.81 bits per heavy atom. The first-order chi connectivity index (χ1) is 7.63. The molecule has 84 valence electrons. The molecule has 3 nitrogen and oxygen atoms in total. The number of esters is 1. The minimum atomic E-state index is -0.615. The SMILES string of the molecule is CCCC1C(=O)Oc2ccc(I)cc2C1=O. The van der Waals surface area contributed by atoms with Crippen LogP contribution in [0.2, 0.25) is 0 Å². The zero-order chi connectivity index (χ0) is 11.7. The van der Waals surface area contributed by atoms with E-state index in [1.807, 2.05) is 13.0 Å². The van der Waals surface area contributed by atoms with Gasteiger partial charge in [-0.15, -0.1) is 0 Å². The molecule has 0 saturated heterocycles. The summed E-state index contributed by atoms with van der Waals surface area (Å²) < 4.78 is 6.13. The maximum absolute atomic E-state index is 12.1. The van der Waals surface area contributed by atoms with Crippen LogP contribution in [0, 0.1) is 9.49 Å². The molecule has 0 N–H and O–H groups in total. The number of ether oxygens (including phenoxy) is 1. The molecule has 0 bridgehead atoms. The van der Waals surface area contributed by atoms with Crippen LogP contribution in [0.15, 0.2) is 18.2 Å². The van der Waals surface area contributed by atoms with E-state index in [2.05, 4.69) is 22.6 Å². The van der Waals surface area contributed by atoms with Crippen molar-refractivity contribution in [3.63, 3.8) is 0 Å². The quantitative estimate of drug-likeness (QED) is 0.362. The van der Waals surface area contributed by atoms with Crippen LogP contribution < -0.4 is 4.74 Å². The second-order valence-corrected chi connectivity index (χ2v) is 5.01. The first-order valence-electron chi connectivity index (χ1n) is 5.19. The first-order valence-corrected chi connectivity index (χ1v) is 6.26. The summed E-state index contributed by atoms with van der Waals surface area (Å²) in [5.41, 5.74) is 0.532. The molecule has 16 heavy (non-hydrogen) atoms. The normalized spacial score (nSPS) is 19.2. The van der Waals surface area contributed by atoms with Crippen molar-refractivity contribution in [1.82, 2.24) is 0 Å². The highest BCUT2D eigenvalue weighted by Gasteiger charge is 2.35. The molecule has 0 amide bonds. The average Bonchev–Trinajstić information content (AvgIpc) is 2.26. The molecule has 2 rings (SSSR count). The molecule has 0 aromatic heterocycles.